The minimum absolute atomic E-state index is 0.0314. The molecule has 2 fully saturated rings. The maximum Gasteiger partial charge on any atom is 0.345 e. The molecule has 26 heavy (non-hydrogen) atoms. The first kappa shape index (κ1) is 19.9. The van der Waals surface area contributed by atoms with Crippen molar-refractivity contribution in [1.82, 2.24) is 0 Å². The van der Waals surface area contributed by atoms with Crippen LogP contribution in [0.3, 0.4) is 0 Å². The Hall–Kier alpha value is -0.840. The van der Waals surface area contributed by atoms with Crippen molar-refractivity contribution in [2.45, 2.75) is 69.3 Å². The fourth-order valence-corrected chi connectivity index (χ4v) is 5.85. The number of aliphatic hydroxyl groups is 1. The van der Waals surface area contributed by atoms with E-state index in [4.69, 9.17) is 16.7 Å². The molecule has 1 aromatic rings. The van der Waals surface area contributed by atoms with Gasteiger partial charge < -0.3 is 10.2 Å². The molecule has 1 aromatic heterocycles. The number of halogens is 1. The van der Waals surface area contributed by atoms with Crippen LogP contribution in [0.4, 0.5) is 0 Å². The van der Waals surface area contributed by atoms with Gasteiger partial charge in [0.2, 0.25) is 0 Å². The molecule has 1 heterocycles. The van der Waals surface area contributed by atoms with E-state index < -0.39 is 5.97 Å². The number of carboxylic acids is 1. The number of hydrogen-bond acceptors (Lipinski definition) is 3. The molecule has 3 rings (SSSR count). The van der Waals surface area contributed by atoms with Crippen LogP contribution in [0.1, 0.15) is 65.9 Å². The third kappa shape index (κ3) is 5.11. The minimum atomic E-state index is -0.853. The molecule has 5 heteroatoms. The van der Waals surface area contributed by atoms with Gasteiger partial charge in [0, 0.05) is 16.2 Å². The van der Waals surface area contributed by atoms with E-state index in [1.165, 1.54) is 43.4 Å². The summed E-state index contributed by atoms with van der Waals surface area (Å²) < 4.78 is 0. The van der Waals surface area contributed by atoms with Gasteiger partial charge in [-0.15, -0.1) is 22.9 Å². The molecule has 0 bridgehead atoms. The van der Waals surface area contributed by atoms with E-state index in [0.717, 1.165) is 24.1 Å². The maximum atomic E-state index is 11.0. The van der Waals surface area contributed by atoms with Crippen LogP contribution in [-0.4, -0.2) is 27.7 Å². The van der Waals surface area contributed by atoms with Crippen LogP contribution in [-0.2, 0) is 6.42 Å². The lowest BCUT2D eigenvalue weighted by Crippen LogP contribution is -2.19. The molecule has 0 unspecified atom stereocenters. The van der Waals surface area contributed by atoms with Crippen molar-refractivity contribution in [3.63, 3.8) is 0 Å². The molecule has 0 amide bonds. The quantitative estimate of drug-likeness (QED) is 0.472. The van der Waals surface area contributed by atoms with Gasteiger partial charge in [-0.1, -0.05) is 31.4 Å². The minimum Gasteiger partial charge on any atom is -0.477 e. The van der Waals surface area contributed by atoms with E-state index in [9.17, 15) is 9.90 Å². The van der Waals surface area contributed by atoms with E-state index in [1.54, 1.807) is 6.07 Å². The molecule has 4 atom stereocenters. The van der Waals surface area contributed by atoms with Gasteiger partial charge in [0.05, 0.1) is 6.10 Å². The molecule has 0 aliphatic heterocycles. The summed E-state index contributed by atoms with van der Waals surface area (Å²) in [6.07, 6.45) is 14.3. The van der Waals surface area contributed by atoms with Gasteiger partial charge in [0.15, 0.2) is 0 Å². The fourth-order valence-electron chi connectivity index (χ4n) is 4.48. The molecular weight excluding hydrogens is 368 g/mol. The van der Waals surface area contributed by atoms with Crippen LogP contribution in [0.5, 0.6) is 0 Å². The number of carboxylic acid groups (broad SMARTS) is 1. The zero-order chi connectivity index (χ0) is 18.5. The van der Waals surface area contributed by atoms with Crippen molar-refractivity contribution in [3.05, 3.63) is 34.0 Å². The molecule has 2 N–H and O–H groups in total. The highest BCUT2D eigenvalue weighted by atomic mass is 35.5. The lowest BCUT2D eigenvalue weighted by molar-refractivity contribution is 0.0702. The number of rotatable bonds is 7. The highest BCUT2D eigenvalue weighted by molar-refractivity contribution is 7.13. The van der Waals surface area contributed by atoms with Gasteiger partial charge in [0.1, 0.15) is 4.88 Å². The van der Waals surface area contributed by atoms with Crippen LogP contribution in [0.25, 0.3) is 0 Å². The lowest BCUT2D eigenvalue weighted by Gasteiger charge is -2.22. The zero-order valence-corrected chi connectivity index (χ0v) is 16.7. The van der Waals surface area contributed by atoms with Crippen molar-refractivity contribution in [2.75, 3.05) is 0 Å². The Kier molecular flexibility index (Phi) is 7.19. The zero-order valence-electron chi connectivity index (χ0n) is 15.1. The third-order valence-corrected chi connectivity index (χ3v) is 7.59. The van der Waals surface area contributed by atoms with E-state index in [-0.39, 0.29) is 17.4 Å². The number of hydrogen-bond donors (Lipinski definition) is 2. The SMILES string of the molecule is O=C(O)c1ccc(CCC[C@@H]2[C@H](C=CC3CCCCC3)[C@H](O)C[C@@H]2Cl)s1. The Bertz CT molecular complexity index is 621. The Balaban J connectivity index is 1.53. The molecular formula is C21H29ClO3S. The van der Waals surface area contributed by atoms with Crippen LogP contribution in [0.2, 0.25) is 0 Å². The average Bonchev–Trinajstić information content (AvgIpc) is 3.19. The Labute approximate surface area is 165 Å². The largest absolute Gasteiger partial charge is 0.477 e. The van der Waals surface area contributed by atoms with Gasteiger partial charge in [-0.25, -0.2) is 4.79 Å². The number of carbonyl (C=O) groups is 1. The lowest BCUT2D eigenvalue weighted by atomic mass is 9.85. The van der Waals surface area contributed by atoms with Gasteiger partial charge >= 0.3 is 5.97 Å². The summed E-state index contributed by atoms with van der Waals surface area (Å²) in [7, 11) is 0. The molecule has 0 radical (unpaired) electrons. The third-order valence-electron chi connectivity index (χ3n) is 5.96. The smallest absolute Gasteiger partial charge is 0.345 e. The summed E-state index contributed by atoms with van der Waals surface area (Å²) in [5, 5.41) is 19.5. The van der Waals surface area contributed by atoms with E-state index >= 15 is 0 Å². The first-order valence-corrected chi connectivity index (χ1v) is 11.1. The van der Waals surface area contributed by atoms with Crippen LogP contribution >= 0.6 is 22.9 Å². The van der Waals surface area contributed by atoms with Crippen LogP contribution in [0, 0.1) is 17.8 Å². The number of allylic oxidation sites excluding steroid dienone is 1. The highest BCUT2D eigenvalue weighted by Gasteiger charge is 2.39. The van der Waals surface area contributed by atoms with E-state index in [0.29, 0.717) is 23.1 Å². The number of alkyl halides is 1. The number of aryl methyl sites for hydroxylation is 1. The predicted octanol–water partition coefficient (Wildman–Crippen LogP) is 5.51. The highest BCUT2D eigenvalue weighted by Crippen LogP contribution is 2.40. The maximum absolute atomic E-state index is 11.0. The summed E-state index contributed by atoms with van der Waals surface area (Å²) in [6.45, 7) is 0. The second-order valence-electron chi connectivity index (χ2n) is 7.81. The van der Waals surface area contributed by atoms with Crippen LogP contribution < -0.4 is 0 Å². The van der Waals surface area contributed by atoms with E-state index in [1.807, 2.05) is 6.07 Å². The second-order valence-corrected chi connectivity index (χ2v) is 9.54. The second kappa shape index (κ2) is 9.38. The molecule has 2 aliphatic carbocycles. The Morgan fingerprint density at radius 3 is 2.69 bits per heavy atom. The summed E-state index contributed by atoms with van der Waals surface area (Å²) in [5.41, 5.74) is 0. The number of aromatic carboxylic acids is 1. The molecule has 144 valence electrons. The van der Waals surface area contributed by atoms with Crippen molar-refractivity contribution in [2.24, 2.45) is 17.8 Å². The monoisotopic (exact) mass is 396 g/mol. The molecule has 2 saturated carbocycles. The normalized spacial score (nSPS) is 30.2. The predicted molar refractivity (Wildman–Crippen MR) is 107 cm³/mol. The van der Waals surface area contributed by atoms with Gasteiger partial charge in [0.25, 0.3) is 0 Å². The van der Waals surface area contributed by atoms with Gasteiger partial charge in [-0.3, -0.25) is 0 Å². The number of aliphatic hydroxyl groups excluding tert-OH is 1. The van der Waals surface area contributed by atoms with Crippen molar-refractivity contribution in [3.8, 4) is 0 Å². The average molecular weight is 397 g/mol. The summed E-state index contributed by atoms with van der Waals surface area (Å²) in [5.74, 6) is 0.295. The van der Waals surface area contributed by atoms with Crippen molar-refractivity contribution < 1.29 is 15.0 Å². The topological polar surface area (TPSA) is 57.5 Å². The molecule has 3 nitrogen and oxygen atoms in total. The molecule has 0 saturated heterocycles. The van der Waals surface area contributed by atoms with E-state index in [2.05, 4.69) is 12.2 Å². The molecule has 0 aromatic carbocycles. The van der Waals surface area contributed by atoms with Crippen molar-refractivity contribution >= 4 is 28.9 Å². The molecule has 2 aliphatic rings. The summed E-state index contributed by atoms with van der Waals surface area (Å²) in [6, 6.07) is 3.60. The molecule has 0 spiro atoms. The number of thiophene rings is 1. The van der Waals surface area contributed by atoms with Crippen molar-refractivity contribution in [1.29, 1.82) is 0 Å². The summed E-state index contributed by atoms with van der Waals surface area (Å²) in [4.78, 5) is 12.5. The summed E-state index contributed by atoms with van der Waals surface area (Å²) >= 11 is 7.91. The Morgan fingerprint density at radius 2 is 2.00 bits per heavy atom. The first-order chi connectivity index (χ1) is 12.5. The van der Waals surface area contributed by atoms with Gasteiger partial charge in [-0.2, -0.15) is 0 Å². The van der Waals surface area contributed by atoms with Crippen LogP contribution in [0.15, 0.2) is 24.3 Å². The Morgan fingerprint density at radius 1 is 1.23 bits per heavy atom. The fraction of sp³-hybridized carbons (Fsp3) is 0.667. The van der Waals surface area contributed by atoms with Gasteiger partial charge in [-0.05, 0) is 62.5 Å². The first-order valence-electron chi connectivity index (χ1n) is 9.87. The standard InChI is InChI=1S/C21H29ClO3S/c22-18-13-19(23)17(11-9-14-5-2-1-3-6-14)16(18)8-4-7-15-10-12-20(26-15)21(24)25/h9-12,14,16-19,23H,1-8,13H2,(H,24,25)/t16-,17+,18+,19-/m1/s1.